The van der Waals surface area contributed by atoms with Crippen molar-refractivity contribution < 1.29 is 14.3 Å². The Hall–Kier alpha value is -3.61. The van der Waals surface area contributed by atoms with Crippen molar-refractivity contribution in [2.24, 2.45) is 5.10 Å². The Morgan fingerprint density at radius 2 is 1.97 bits per heavy atom. The van der Waals surface area contributed by atoms with E-state index < -0.39 is 0 Å². The van der Waals surface area contributed by atoms with Gasteiger partial charge in [0.1, 0.15) is 6.61 Å². The summed E-state index contributed by atoms with van der Waals surface area (Å²) in [5.74, 6) is 0.583. The van der Waals surface area contributed by atoms with Crippen LogP contribution >= 0.6 is 23.4 Å². The normalized spacial score (nSPS) is 10.7. The average molecular weight is 496 g/mol. The minimum Gasteiger partial charge on any atom is -0.493 e. The van der Waals surface area contributed by atoms with E-state index in [2.05, 4.69) is 26.6 Å². The second-order valence-corrected chi connectivity index (χ2v) is 8.46. The number of aryl methyl sites for hydroxylation is 2. The Morgan fingerprint density at radius 3 is 2.68 bits per heavy atom. The molecule has 0 aliphatic rings. The maximum absolute atomic E-state index is 12.1. The lowest BCUT2D eigenvalue weighted by Gasteiger charge is -2.14. The van der Waals surface area contributed by atoms with Crippen molar-refractivity contribution in [3.8, 4) is 17.6 Å². The quantitative estimate of drug-likeness (QED) is 0.202. The first kappa shape index (κ1) is 25.0. The summed E-state index contributed by atoms with van der Waals surface area (Å²) in [5, 5.41) is 14.1. The lowest BCUT2D eigenvalue weighted by molar-refractivity contribution is -0.118. The number of nitrogens with zero attached hydrogens (tertiary/aromatic N) is 4. The third kappa shape index (κ3) is 6.94. The number of nitriles is 1. The number of ether oxygens (including phenoxy) is 2. The molecule has 0 radical (unpaired) electrons. The number of carbonyl (C=O) groups is 1. The van der Waals surface area contributed by atoms with Gasteiger partial charge in [0.15, 0.2) is 16.7 Å². The second kappa shape index (κ2) is 12.0. The van der Waals surface area contributed by atoms with Gasteiger partial charge in [0.25, 0.3) is 5.91 Å². The van der Waals surface area contributed by atoms with Crippen LogP contribution in [0.3, 0.4) is 0 Å². The molecule has 0 bridgehead atoms. The first-order chi connectivity index (χ1) is 16.4. The van der Waals surface area contributed by atoms with Crippen LogP contribution in [-0.2, 0) is 11.4 Å². The number of carbonyl (C=O) groups excluding carboxylic acids is 1. The van der Waals surface area contributed by atoms with Crippen molar-refractivity contribution in [3.05, 3.63) is 75.6 Å². The molecule has 1 amide bonds. The number of hydrazone groups is 1. The van der Waals surface area contributed by atoms with Crippen LogP contribution in [0.15, 0.2) is 52.7 Å². The topological polar surface area (TPSA) is 109 Å². The Labute approximate surface area is 207 Å². The van der Waals surface area contributed by atoms with Crippen LogP contribution < -0.4 is 14.9 Å². The highest BCUT2D eigenvalue weighted by molar-refractivity contribution is 7.99. The summed E-state index contributed by atoms with van der Waals surface area (Å²) in [5.41, 5.74) is 6.04. The van der Waals surface area contributed by atoms with E-state index in [0.29, 0.717) is 32.8 Å². The number of benzene rings is 2. The molecule has 0 aliphatic carbocycles. The molecule has 0 atom stereocenters. The minimum absolute atomic E-state index is 0.126. The van der Waals surface area contributed by atoms with Gasteiger partial charge in [-0.1, -0.05) is 41.6 Å². The lowest BCUT2D eigenvalue weighted by atomic mass is 10.1. The van der Waals surface area contributed by atoms with Crippen LogP contribution in [-0.4, -0.2) is 35.0 Å². The van der Waals surface area contributed by atoms with E-state index in [0.717, 1.165) is 17.0 Å². The average Bonchev–Trinajstić information content (AvgIpc) is 2.81. The van der Waals surface area contributed by atoms with Crippen LogP contribution in [0.5, 0.6) is 11.5 Å². The van der Waals surface area contributed by atoms with E-state index in [9.17, 15) is 10.1 Å². The summed E-state index contributed by atoms with van der Waals surface area (Å²) < 4.78 is 11.2. The number of amides is 1. The third-order valence-electron chi connectivity index (χ3n) is 4.46. The minimum atomic E-state index is -0.293. The first-order valence-corrected chi connectivity index (χ1v) is 11.5. The molecule has 1 N–H and O–H groups in total. The third-order valence-corrected chi connectivity index (χ3v) is 5.59. The molecule has 3 rings (SSSR count). The second-order valence-electron chi connectivity index (χ2n) is 7.11. The maximum Gasteiger partial charge on any atom is 0.250 e. The largest absolute Gasteiger partial charge is 0.493 e. The zero-order valence-electron chi connectivity index (χ0n) is 18.8. The highest BCUT2D eigenvalue weighted by Gasteiger charge is 2.13. The molecule has 0 saturated carbocycles. The van der Waals surface area contributed by atoms with Crippen LogP contribution in [0.25, 0.3) is 0 Å². The summed E-state index contributed by atoms with van der Waals surface area (Å²) in [6.07, 6.45) is 1.46. The van der Waals surface area contributed by atoms with Crippen molar-refractivity contribution >= 4 is 35.5 Å². The predicted octanol–water partition coefficient (Wildman–Crippen LogP) is 4.45. The molecule has 0 saturated heterocycles. The SMILES string of the molecule is COc1cc(/C=N\NC(=O)CSc2nc(C)cc(C)n2)cc(Cl)c1OCc1ccccc1C#N. The first-order valence-electron chi connectivity index (χ1n) is 10.1. The van der Waals surface area contributed by atoms with Gasteiger partial charge < -0.3 is 9.47 Å². The lowest BCUT2D eigenvalue weighted by Crippen LogP contribution is -2.19. The summed E-state index contributed by atoms with van der Waals surface area (Å²) in [6, 6.07) is 14.5. The van der Waals surface area contributed by atoms with Crippen LogP contribution in [0.4, 0.5) is 0 Å². The van der Waals surface area contributed by atoms with E-state index >= 15 is 0 Å². The van der Waals surface area contributed by atoms with Gasteiger partial charge in [0, 0.05) is 17.0 Å². The zero-order chi connectivity index (χ0) is 24.5. The summed E-state index contributed by atoms with van der Waals surface area (Å²) >= 11 is 7.64. The number of aromatic nitrogens is 2. The molecular formula is C24H22ClN5O3S. The van der Waals surface area contributed by atoms with Gasteiger partial charge in [-0.2, -0.15) is 10.4 Å². The van der Waals surface area contributed by atoms with E-state index in [1.165, 1.54) is 25.1 Å². The van der Waals surface area contributed by atoms with Crippen molar-refractivity contribution in [2.45, 2.75) is 25.6 Å². The number of rotatable bonds is 9. The molecule has 1 aromatic heterocycles. The van der Waals surface area contributed by atoms with Crippen LogP contribution in [0, 0.1) is 25.2 Å². The standard InChI is InChI=1S/C24H22ClN5O3S/c1-15-8-16(2)29-24(28-15)34-14-22(31)30-27-12-17-9-20(25)23(21(10-17)32-3)33-13-19-7-5-4-6-18(19)11-26/h4-10,12H,13-14H2,1-3H3,(H,30,31)/b27-12-. The Balaban J connectivity index is 1.61. The van der Waals surface area contributed by atoms with Crippen molar-refractivity contribution in [1.29, 1.82) is 5.26 Å². The van der Waals surface area contributed by atoms with E-state index in [-0.39, 0.29) is 18.3 Å². The van der Waals surface area contributed by atoms with Crippen LogP contribution in [0.1, 0.15) is 28.1 Å². The molecule has 0 unspecified atom stereocenters. The summed E-state index contributed by atoms with van der Waals surface area (Å²) in [6.45, 7) is 3.92. The number of methoxy groups -OCH3 is 1. The molecule has 2 aromatic carbocycles. The fourth-order valence-electron chi connectivity index (χ4n) is 2.96. The number of halogens is 1. The highest BCUT2D eigenvalue weighted by atomic mass is 35.5. The van der Waals surface area contributed by atoms with Gasteiger partial charge in [-0.15, -0.1) is 0 Å². The highest BCUT2D eigenvalue weighted by Crippen LogP contribution is 2.36. The van der Waals surface area contributed by atoms with Gasteiger partial charge >= 0.3 is 0 Å². The predicted molar refractivity (Wildman–Crippen MR) is 131 cm³/mol. The molecule has 0 aliphatic heterocycles. The summed E-state index contributed by atoms with van der Waals surface area (Å²) in [4.78, 5) is 20.7. The molecule has 174 valence electrons. The molecular weight excluding hydrogens is 474 g/mol. The van der Waals surface area contributed by atoms with Crippen molar-refractivity contribution in [1.82, 2.24) is 15.4 Å². The van der Waals surface area contributed by atoms with Gasteiger partial charge in [-0.3, -0.25) is 4.79 Å². The van der Waals surface area contributed by atoms with Crippen LogP contribution in [0.2, 0.25) is 5.02 Å². The van der Waals surface area contributed by atoms with Gasteiger partial charge in [0.2, 0.25) is 0 Å². The van der Waals surface area contributed by atoms with E-state index in [4.69, 9.17) is 21.1 Å². The number of hydrogen-bond acceptors (Lipinski definition) is 8. The number of hydrogen-bond donors (Lipinski definition) is 1. The van der Waals surface area contributed by atoms with E-state index in [1.807, 2.05) is 32.0 Å². The molecule has 0 spiro atoms. The zero-order valence-corrected chi connectivity index (χ0v) is 20.4. The van der Waals surface area contributed by atoms with Crippen molar-refractivity contribution in [3.63, 3.8) is 0 Å². The van der Waals surface area contributed by atoms with E-state index in [1.54, 1.807) is 24.3 Å². The molecule has 8 nitrogen and oxygen atoms in total. The van der Waals surface area contributed by atoms with Crippen molar-refractivity contribution in [2.75, 3.05) is 12.9 Å². The number of thioether (sulfide) groups is 1. The molecule has 10 heteroatoms. The summed E-state index contributed by atoms with van der Waals surface area (Å²) in [7, 11) is 1.50. The smallest absolute Gasteiger partial charge is 0.250 e. The Kier molecular flexibility index (Phi) is 8.85. The maximum atomic E-state index is 12.1. The number of nitrogens with one attached hydrogen (secondary N) is 1. The molecule has 0 fully saturated rings. The Morgan fingerprint density at radius 1 is 1.24 bits per heavy atom. The van der Waals surface area contributed by atoms with Gasteiger partial charge in [-0.05, 0) is 43.7 Å². The fourth-order valence-corrected chi connectivity index (χ4v) is 3.97. The fraction of sp³-hybridized carbons (Fsp3) is 0.208. The Bertz CT molecular complexity index is 1240. The molecule has 1 heterocycles. The monoisotopic (exact) mass is 495 g/mol. The van der Waals surface area contributed by atoms with Gasteiger partial charge in [-0.25, -0.2) is 15.4 Å². The molecule has 3 aromatic rings. The molecule has 34 heavy (non-hydrogen) atoms. The van der Waals surface area contributed by atoms with Gasteiger partial charge in [0.05, 0.1) is 35.7 Å².